The van der Waals surface area contributed by atoms with E-state index in [-0.39, 0.29) is 18.2 Å². The van der Waals surface area contributed by atoms with Crippen LogP contribution >= 0.6 is 0 Å². The van der Waals surface area contributed by atoms with E-state index in [0.29, 0.717) is 0 Å². The zero-order valence-corrected chi connectivity index (χ0v) is 10.3. The molecule has 5 nitrogen and oxygen atoms in total. The highest BCUT2D eigenvalue weighted by Gasteiger charge is 2.35. The van der Waals surface area contributed by atoms with Gasteiger partial charge in [-0.05, 0) is 13.8 Å². The molecule has 0 unspecified atom stereocenters. The van der Waals surface area contributed by atoms with Gasteiger partial charge in [0.15, 0.2) is 0 Å². The molecule has 3 N–H and O–H groups in total. The van der Waals surface area contributed by atoms with Gasteiger partial charge < -0.3 is 15.7 Å². The summed E-state index contributed by atoms with van der Waals surface area (Å²) in [5.74, 6) is -1.55. The highest BCUT2D eigenvalue weighted by atomic mass is 19.4. The molecule has 0 aliphatic rings. The number of halogens is 3. The summed E-state index contributed by atoms with van der Waals surface area (Å²) in [6.45, 7) is 3.19. The lowest BCUT2D eigenvalue weighted by atomic mass is 10.1. The Morgan fingerprint density at radius 1 is 1.33 bits per heavy atom. The second kappa shape index (κ2) is 4.60. The van der Waals surface area contributed by atoms with E-state index in [0.717, 1.165) is 0 Å². The van der Waals surface area contributed by atoms with E-state index in [1.807, 2.05) is 0 Å². The Kier molecular flexibility index (Phi) is 3.70. The van der Waals surface area contributed by atoms with Crippen molar-refractivity contribution in [2.75, 3.05) is 24.2 Å². The standard InChI is InChI=1S/C10H15F3N4O/c1-9(2,18)5-17(3)7-4-6(14)15-8(16-7)10(11,12)13/h4,18H,5H2,1-3H3,(H2,14,15,16). The van der Waals surface area contributed by atoms with Gasteiger partial charge in [0.2, 0.25) is 5.82 Å². The maximum absolute atomic E-state index is 12.5. The maximum atomic E-state index is 12.5. The second-order valence-corrected chi connectivity index (χ2v) is 4.64. The third-order valence-corrected chi connectivity index (χ3v) is 2.00. The molecule has 0 aliphatic heterocycles. The van der Waals surface area contributed by atoms with E-state index < -0.39 is 17.6 Å². The molecule has 0 saturated carbocycles. The minimum atomic E-state index is -4.65. The first-order valence-electron chi connectivity index (χ1n) is 5.14. The van der Waals surface area contributed by atoms with E-state index in [2.05, 4.69) is 9.97 Å². The van der Waals surface area contributed by atoms with Gasteiger partial charge in [-0.2, -0.15) is 13.2 Å². The average Bonchev–Trinajstić information content (AvgIpc) is 2.12. The summed E-state index contributed by atoms with van der Waals surface area (Å²) in [6.07, 6.45) is -4.65. The Balaban J connectivity index is 3.07. The van der Waals surface area contributed by atoms with Gasteiger partial charge in [0.1, 0.15) is 11.6 Å². The smallest absolute Gasteiger partial charge is 0.389 e. The molecule has 1 aromatic heterocycles. The molecule has 0 aromatic carbocycles. The van der Waals surface area contributed by atoms with E-state index in [4.69, 9.17) is 5.73 Å². The van der Waals surface area contributed by atoms with Crippen molar-refractivity contribution in [2.24, 2.45) is 0 Å². The quantitative estimate of drug-likeness (QED) is 0.860. The van der Waals surface area contributed by atoms with Crippen molar-refractivity contribution in [1.82, 2.24) is 9.97 Å². The molecule has 0 atom stereocenters. The molecule has 0 saturated heterocycles. The van der Waals surface area contributed by atoms with Gasteiger partial charge in [-0.15, -0.1) is 0 Å². The largest absolute Gasteiger partial charge is 0.451 e. The van der Waals surface area contributed by atoms with Crippen molar-refractivity contribution >= 4 is 11.6 Å². The summed E-state index contributed by atoms with van der Waals surface area (Å²) in [5, 5.41) is 9.61. The molecule has 0 aliphatic carbocycles. The zero-order chi connectivity index (χ0) is 14.1. The number of alkyl halides is 3. The third kappa shape index (κ3) is 4.02. The van der Waals surface area contributed by atoms with Crippen molar-refractivity contribution in [2.45, 2.75) is 25.6 Å². The number of aromatic nitrogens is 2. The van der Waals surface area contributed by atoms with E-state index in [1.165, 1.54) is 18.0 Å². The molecule has 0 spiro atoms. The van der Waals surface area contributed by atoms with Crippen molar-refractivity contribution in [3.05, 3.63) is 11.9 Å². The SMILES string of the molecule is CN(CC(C)(C)O)c1cc(N)nc(C(F)(F)F)n1. The van der Waals surface area contributed by atoms with E-state index in [1.54, 1.807) is 13.8 Å². The zero-order valence-electron chi connectivity index (χ0n) is 10.3. The predicted octanol–water partition coefficient (Wildman–Crippen LogP) is 1.28. The first-order chi connectivity index (χ1) is 7.99. The van der Waals surface area contributed by atoms with Crippen molar-refractivity contribution < 1.29 is 18.3 Å². The second-order valence-electron chi connectivity index (χ2n) is 4.64. The number of rotatable bonds is 3. The molecule has 1 aromatic rings. The van der Waals surface area contributed by atoms with Gasteiger partial charge in [0.25, 0.3) is 0 Å². The van der Waals surface area contributed by atoms with Crippen LogP contribution in [0.4, 0.5) is 24.8 Å². The molecule has 0 fully saturated rings. The number of likely N-dealkylation sites (N-methyl/N-ethyl adjacent to an activating group) is 1. The van der Waals surface area contributed by atoms with Crippen LogP contribution in [0, 0.1) is 0 Å². The number of nitrogen functional groups attached to an aromatic ring is 1. The topological polar surface area (TPSA) is 75.3 Å². The number of hydrogen-bond donors (Lipinski definition) is 2. The number of anilines is 2. The summed E-state index contributed by atoms with van der Waals surface area (Å²) < 4.78 is 37.5. The molecule has 8 heteroatoms. The Morgan fingerprint density at radius 3 is 2.33 bits per heavy atom. The first-order valence-corrected chi connectivity index (χ1v) is 5.14. The lowest BCUT2D eigenvalue weighted by Crippen LogP contribution is -2.37. The van der Waals surface area contributed by atoms with Gasteiger partial charge in [0.05, 0.1) is 5.60 Å². The fraction of sp³-hybridized carbons (Fsp3) is 0.600. The van der Waals surface area contributed by atoms with Crippen LogP contribution in [0.15, 0.2) is 6.07 Å². The summed E-state index contributed by atoms with van der Waals surface area (Å²) >= 11 is 0. The molecule has 0 amide bonds. The van der Waals surface area contributed by atoms with Crippen LogP contribution in [-0.2, 0) is 6.18 Å². The fourth-order valence-corrected chi connectivity index (χ4v) is 1.44. The summed E-state index contributed by atoms with van der Waals surface area (Å²) in [7, 11) is 1.51. The molecule has 1 heterocycles. The van der Waals surface area contributed by atoms with E-state index >= 15 is 0 Å². The first kappa shape index (κ1) is 14.5. The lowest BCUT2D eigenvalue weighted by molar-refractivity contribution is -0.144. The van der Waals surface area contributed by atoms with Gasteiger partial charge >= 0.3 is 6.18 Å². The summed E-state index contributed by atoms with van der Waals surface area (Å²) in [6, 6.07) is 1.22. The van der Waals surface area contributed by atoms with Gasteiger partial charge in [0, 0.05) is 19.7 Å². The highest BCUT2D eigenvalue weighted by molar-refractivity contribution is 5.46. The Morgan fingerprint density at radius 2 is 1.89 bits per heavy atom. The molecule has 102 valence electrons. The number of nitrogens with zero attached hydrogens (tertiary/aromatic N) is 3. The van der Waals surface area contributed by atoms with Crippen LogP contribution in [-0.4, -0.2) is 34.3 Å². The molecular weight excluding hydrogens is 249 g/mol. The number of hydrogen-bond acceptors (Lipinski definition) is 5. The third-order valence-electron chi connectivity index (χ3n) is 2.00. The van der Waals surface area contributed by atoms with E-state index in [9.17, 15) is 18.3 Å². The summed E-state index contributed by atoms with van der Waals surface area (Å²) in [5.41, 5.74) is 4.25. The van der Waals surface area contributed by atoms with Crippen LogP contribution in [0.1, 0.15) is 19.7 Å². The average molecular weight is 264 g/mol. The van der Waals surface area contributed by atoms with Gasteiger partial charge in [-0.1, -0.05) is 0 Å². The minimum Gasteiger partial charge on any atom is -0.389 e. The lowest BCUT2D eigenvalue weighted by Gasteiger charge is -2.26. The summed E-state index contributed by atoms with van der Waals surface area (Å²) in [4.78, 5) is 7.91. The Labute approximate surface area is 102 Å². The van der Waals surface area contributed by atoms with Crippen LogP contribution in [0.5, 0.6) is 0 Å². The van der Waals surface area contributed by atoms with Crippen molar-refractivity contribution in [1.29, 1.82) is 0 Å². The monoisotopic (exact) mass is 264 g/mol. The Bertz CT molecular complexity index is 428. The minimum absolute atomic E-state index is 0.0111. The Hall–Kier alpha value is -1.57. The van der Waals surface area contributed by atoms with Gasteiger partial charge in [-0.3, -0.25) is 0 Å². The molecule has 1 rings (SSSR count). The van der Waals surface area contributed by atoms with Crippen molar-refractivity contribution in [3.8, 4) is 0 Å². The fourth-order valence-electron chi connectivity index (χ4n) is 1.44. The number of aliphatic hydroxyl groups is 1. The van der Waals surface area contributed by atoms with Crippen LogP contribution < -0.4 is 10.6 Å². The normalized spacial score (nSPS) is 12.6. The molecule has 0 bridgehead atoms. The van der Waals surface area contributed by atoms with Crippen LogP contribution in [0.3, 0.4) is 0 Å². The maximum Gasteiger partial charge on any atom is 0.451 e. The predicted molar refractivity (Wildman–Crippen MR) is 61.0 cm³/mol. The highest BCUT2D eigenvalue weighted by Crippen LogP contribution is 2.28. The molecular formula is C10H15F3N4O. The molecule has 0 radical (unpaired) electrons. The molecule has 18 heavy (non-hydrogen) atoms. The van der Waals surface area contributed by atoms with Crippen LogP contribution in [0.25, 0.3) is 0 Å². The van der Waals surface area contributed by atoms with Crippen molar-refractivity contribution in [3.63, 3.8) is 0 Å². The van der Waals surface area contributed by atoms with Gasteiger partial charge in [-0.25, -0.2) is 9.97 Å². The van der Waals surface area contributed by atoms with Crippen LogP contribution in [0.2, 0.25) is 0 Å². The number of nitrogens with two attached hydrogens (primary N) is 1.